The summed E-state index contributed by atoms with van der Waals surface area (Å²) in [5.74, 6) is -0.298. The fourth-order valence-corrected chi connectivity index (χ4v) is 4.66. The topological polar surface area (TPSA) is 66.8 Å². The van der Waals surface area contributed by atoms with Crippen LogP contribution < -0.4 is 4.90 Å². The number of ketones is 1. The highest BCUT2D eigenvalue weighted by Crippen LogP contribution is 2.33. The van der Waals surface area contributed by atoms with E-state index in [-0.39, 0.29) is 30.1 Å². The van der Waals surface area contributed by atoms with Crippen LogP contribution >= 0.6 is 11.3 Å². The average molecular weight is 444 g/mol. The van der Waals surface area contributed by atoms with Crippen molar-refractivity contribution in [1.82, 2.24) is 0 Å². The normalized spacial score (nSPS) is 18.1. The number of ether oxygens (including phenoxy) is 1. The Morgan fingerprint density at radius 2 is 1.94 bits per heavy atom. The molecule has 0 aliphatic carbocycles. The highest BCUT2D eigenvalue weighted by Gasteiger charge is 2.39. The number of thiophene rings is 1. The molecule has 3 rings (SSSR count). The summed E-state index contributed by atoms with van der Waals surface area (Å²) in [7, 11) is 0. The van der Waals surface area contributed by atoms with Crippen LogP contribution in [0.2, 0.25) is 0 Å². The quantitative estimate of drug-likeness (QED) is 0.398. The van der Waals surface area contributed by atoms with Gasteiger partial charge < -0.3 is 9.84 Å². The van der Waals surface area contributed by atoms with Crippen LogP contribution in [-0.4, -0.2) is 35.5 Å². The lowest BCUT2D eigenvalue weighted by Crippen LogP contribution is -2.39. The molecule has 1 aliphatic heterocycles. The van der Waals surface area contributed by atoms with Gasteiger partial charge in [0.15, 0.2) is 5.78 Å². The number of benzene rings is 1. The zero-order valence-electron chi connectivity index (χ0n) is 18.7. The van der Waals surface area contributed by atoms with Gasteiger partial charge in [0, 0.05) is 16.0 Å². The highest BCUT2D eigenvalue weighted by atomic mass is 32.1. The molecule has 0 radical (unpaired) electrons. The van der Waals surface area contributed by atoms with Crippen LogP contribution in [0.3, 0.4) is 0 Å². The van der Waals surface area contributed by atoms with E-state index >= 15 is 0 Å². The van der Waals surface area contributed by atoms with E-state index < -0.39 is 12.1 Å². The summed E-state index contributed by atoms with van der Waals surface area (Å²) in [4.78, 5) is 27.6. The lowest BCUT2D eigenvalue weighted by Gasteiger charge is -2.32. The Bertz CT molecular complexity index is 860. The highest BCUT2D eigenvalue weighted by molar-refractivity contribution is 7.09. The number of hydrogen-bond acceptors (Lipinski definition) is 5. The second-order valence-corrected chi connectivity index (χ2v) is 9.83. The minimum Gasteiger partial charge on any atom is -0.392 e. The minimum absolute atomic E-state index is 0.0869. The monoisotopic (exact) mass is 443 g/mol. The molecule has 1 N–H and O–H groups in total. The van der Waals surface area contributed by atoms with E-state index in [0.29, 0.717) is 12.3 Å². The molecule has 1 aliphatic rings. The van der Waals surface area contributed by atoms with Crippen molar-refractivity contribution >= 4 is 28.7 Å². The zero-order valence-corrected chi connectivity index (χ0v) is 19.5. The van der Waals surface area contributed by atoms with Crippen LogP contribution in [0.15, 0.2) is 41.8 Å². The van der Waals surface area contributed by atoms with Gasteiger partial charge in [-0.1, -0.05) is 58.2 Å². The predicted molar refractivity (Wildman–Crippen MR) is 124 cm³/mol. The van der Waals surface area contributed by atoms with E-state index in [1.807, 2.05) is 55.6 Å². The Morgan fingerprint density at radius 3 is 2.58 bits per heavy atom. The number of anilines is 1. The molecule has 0 spiro atoms. The summed E-state index contributed by atoms with van der Waals surface area (Å²) in [6.45, 7) is 6.87. The summed E-state index contributed by atoms with van der Waals surface area (Å²) in [5, 5.41) is 12.7. The van der Waals surface area contributed by atoms with E-state index in [1.165, 1.54) is 0 Å². The van der Waals surface area contributed by atoms with Crippen molar-refractivity contribution in [3.8, 4) is 0 Å². The molecular formula is C25H33NO4S. The van der Waals surface area contributed by atoms with Gasteiger partial charge in [0.2, 0.25) is 5.91 Å². The maximum atomic E-state index is 12.5. The maximum absolute atomic E-state index is 12.5. The molecule has 1 saturated heterocycles. The van der Waals surface area contributed by atoms with E-state index in [0.717, 1.165) is 36.1 Å². The van der Waals surface area contributed by atoms with Gasteiger partial charge in [0.05, 0.1) is 25.7 Å². The number of rotatable bonds is 11. The first-order valence-electron chi connectivity index (χ1n) is 11.1. The molecule has 1 aromatic carbocycles. The van der Waals surface area contributed by atoms with Crippen molar-refractivity contribution in [3.05, 3.63) is 52.2 Å². The van der Waals surface area contributed by atoms with Gasteiger partial charge in [0.1, 0.15) is 6.04 Å². The van der Waals surface area contributed by atoms with E-state index in [9.17, 15) is 14.7 Å². The zero-order chi connectivity index (χ0) is 22.4. The van der Waals surface area contributed by atoms with Crippen LogP contribution in [0.5, 0.6) is 0 Å². The smallest absolute Gasteiger partial charge is 0.235 e. The van der Waals surface area contributed by atoms with Crippen LogP contribution in [0.4, 0.5) is 5.69 Å². The number of amides is 1. The molecule has 0 saturated carbocycles. The second-order valence-electron chi connectivity index (χ2n) is 8.80. The number of carbonyl (C=O) groups is 2. The van der Waals surface area contributed by atoms with Gasteiger partial charge in [-0.15, -0.1) is 11.3 Å². The van der Waals surface area contributed by atoms with Crippen LogP contribution in [0.25, 0.3) is 0 Å². The van der Waals surface area contributed by atoms with Crippen molar-refractivity contribution in [2.24, 2.45) is 0 Å². The molecule has 1 amide bonds. The Hall–Kier alpha value is -2.02. The molecule has 31 heavy (non-hydrogen) atoms. The molecule has 5 nitrogen and oxygen atoms in total. The van der Waals surface area contributed by atoms with Gasteiger partial charge in [-0.3, -0.25) is 14.5 Å². The largest absolute Gasteiger partial charge is 0.392 e. The first-order valence-corrected chi connectivity index (χ1v) is 12.0. The van der Waals surface area contributed by atoms with Crippen LogP contribution in [0.1, 0.15) is 63.3 Å². The van der Waals surface area contributed by atoms with Crippen molar-refractivity contribution in [2.75, 3.05) is 11.5 Å². The molecule has 2 atom stereocenters. The van der Waals surface area contributed by atoms with Crippen molar-refractivity contribution in [3.63, 3.8) is 0 Å². The number of unbranched alkanes of at least 4 members (excludes halogenated alkanes) is 2. The summed E-state index contributed by atoms with van der Waals surface area (Å²) in [5.41, 5.74) is 1.32. The molecule has 6 heteroatoms. The summed E-state index contributed by atoms with van der Waals surface area (Å²) in [6.07, 6.45) is 3.51. The molecule has 2 heterocycles. The van der Waals surface area contributed by atoms with Gasteiger partial charge in [-0.2, -0.15) is 0 Å². The van der Waals surface area contributed by atoms with E-state index in [2.05, 4.69) is 6.92 Å². The Balaban J connectivity index is 1.68. The van der Waals surface area contributed by atoms with E-state index in [1.54, 1.807) is 16.2 Å². The predicted octanol–water partition coefficient (Wildman–Crippen LogP) is 4.86. The van der Waals surface area contributed by atoms with Crippen molar-refractivity contribution in [1.29, 1.82) is 0 Å². The lowest BCUT2D eigenvalue weighted by atomic mass is 9.77. The molecular weight excluding hydrogens is 410 g/mol. The van der Waals surface area contributed by atoms with Gasteiger partial charge >= 0.3 is 0 Å². The number of carbonyl (C=O) groups excluding carboxylic acids is 2. The molecule has 1 aromatic heterocycles. The molecule has 2 aromatic rings. The number of aliphatic hydroxyl groups excluding tert-OH is 1. The third-order valence-corrected chi connectivity index (χ3v) is 7.03. The maximum Gasteiger partial charge on any atom is 0.235 e. The Labute approximate surface area is 189 Å². The number of nitrogens with zero attached hydrogens (tertiary/aromatic N) is 1. The minimum atomic E-state index is -0.592. The Kier molecular flexibility index (Phi) is 8.03. The first-order chi connectivity index (χ1) is 14.8. The number of Topliss-reactive ketones (excluding diaryl/α,β-unsaturated/α-hetero) is 1. The summed E-state index contributed by atoms with van der Waals surface area (Å²) < 4.78 is 5.75. The molecule has 168 valence electrons. The third-order valence-electron chi connectivity index (χ3n) is 6.18. The Morgan fingerprint density at radius 1 is 1.19 bits per heavy atom. The van der Waals surface area contributed by atoms with E-state index in [4.69, 9.17) is 4.74 Å². The SMILES string of the molecule is CCCCCC(O)C(C)(C)c1ccc(N2C(=O)CC(=O)C2COCc2cccs2)cc1. The average Bonchev–Trinajstić information content (AvgIpc) is 3.36. The fourth-order valence-electron chi connectivity index (χ4n) is 4.02. The van der Waals surface area contributed by atoms with Crippen molar-refractivity contribution < 1.29 is 19.4 Å². The molecule has 1 fully saturated rings. The summed E-state index contributed by atoms with van der Waals surface area (Å²) in [6, 6.07) is 11.0. The van der Waals surface area contributed by atoms with Crippen LogP contribution in [-0.2, 0) is 26.3 Å². The molecule has 2 unspecified atom stereocenters. The standard InChI is InChI=1S/C25H33NO4S/c1-4-5-6-9-23(28)25(2,3)18-10-12-19(13-11-18)26-21(22(27)15-24(26)29)17-30-16-20-8-7-14-31-20/h7-8,10-14,21,23,28H,4-6,9,15-17H2,1-3H3. The second kappa shape index (κ2) is 10.5. The lowest BCUT2D eigenvalue weighted by molar-refractivity contribution is -0.122. The third kappa shape index (κ3) is 5.62. The fraction of sp³-hybridized carbons (Fsp3) is 0.520. The van der Waals surface area contributed by atoms with Gasteiger partial charge in [-0.25, -0.2) is 0 Å². The number of hydrogen-bond donors (Lipinski definition) is 1. The van der Waals surface area contributed by atoms with Gasteiger partial charge in [-0.05, 0) is 35.6 Å². The number of aliphatic hydroxyl groups is 1. The van der Waals surface area contributed by atoms with Crippen LogP contribution in [0, 0.1) is 0 Å². The first kappa shape index (κ1) is 23.6. The summed E-state index contributed by atoms with van der Waals surface area (Å²) >= 11 is 1.61. The van der Waals surface area contributed by atoms with Gasteiger partial charge in [0.25, 0.3) is 0 Å². The molecule has 0 bridgehead atoms. The van der Waals surface area contributed by atoms with Crippen molar-refractivity contribution in [2.45, 2.75) is 77.0 Å².